The summed E-state index contributed by atoms with van der Waals surface area (Å²) in [5, 5.41) is 6.87. The molecule has 3 heterocycles. The minimum absolute atomic E-state index is 0.0752. The van der Waals surface area contributed by atoms with Gasteiger partial charge in [0.1, 0.15) is 11.5 Å². The van der Waals surface area contributed by atoms with Crippen LogP contribution < -0.4 is 5.32 Å². The zero-order valence-electron chi connectivity index (χ0n) is 13.0. The number of hydrogen-bond acceptors (Lipinski definition) is 5. The second kappa shape index (κ2) is 6.20. The maximum absolute atomic E-state index is 12.3. The summed E-state index contributed by atoms with van der Waals surface area (Å²) in [5.74, 6) is 2.00. The number of likely N-dealkylation sites (tertiary alicyclic amines) is 1. The van der Waals surface area contributed by atoms with E-state index >= 15 is 0 Å². The van der Waals surface area contributed by atoms with Crippen LogP contribution in [-0.2, 0) is 0 Å². The standard InChI is InChI=1S/C17H21N3O3/c21-17(13-10-16(23-19-13)12-5-6-12)18-11-14(15-4-3-9-22-15)20-7-1-2-8-20/h3-4,9-10,12,14H,1-2,5-8,11H2,(H,18,21)/t14-/m0/s1. The van der Waals surface area contributed by atoms with E-state index in [1.54, 1.807) is 12.3 Å². The Balaban J connectivity index is 1.41. The fourth-order valence-corrected chi connectivity index (χ4v) is 3.18. The van der Waals surface area contributed by atoms with Crippen molar-refractivity contribution in [3.63, 3.8) is 0 Å². The van der Waals surface area contributed by atoms with Crippen molar-refractivity contribution in [2.75, 3.05) is 19.6 Å². The fourth-order valence-electron chi connectivity index (χ4n) is 3.18. The molecular formula is C17H21N3O3. The van der Waals surface area contributed by atoms with Crippen LogP contribution in [0, 0.1) is 0 Å². The van der Waals surface area contributed by atoms with Gasteiger partial charge in [-0.1, -0.05) is 5.16 Å². The molecule has 1 amide bonds. The highest BCUT2D eigenvalue weighted by molar-refractivity contribution is 5.92. The molecule has 2 fully saturated rings. The Morgan fingerprint density at radius 3 is 2.91 bits per heavy atom. The van der Waals surface area contributed by atoms with Crippen molar-refractivity contribution in [3.8, 4) is 0 Å². The molecule has 1 saturated carbocycles. The average Bonchev–Trinajstić information content (AvgIpc) is 3.06. The number of carbonyl (C=O) groups excluding carboxylic acids is 1. The molecule has 0 radical (unpaired) electrons. The predicted octanol–water partition coefficient (Wildman–Crippen LogP) is 2.71. The lowest BCUT2D eigenvalue weighted by atomic mass is 10.2. The van der Waals surface area contributed by atoms with Crippen LogP contribution in [-0.4, -0.2) is 35.6 Å². The zero-order valence-corrected chi connectivity index (χ0v) is 13.0. The van der Waals surface area contributed by atoms with Crippen molar-refractivity contribution >= 4 is 5.91 Å². The number of rotatable bonds is 6. The van der Waals surface area contributed by atoms with E-state index in [0.29, 0.717) is 18.2 Å². The molecule has 1 N–H and O–H groups in total. The van der Waals surface area contributed by atoms with Crippen LogP contribution in [0.1, 0.15) is 59.7 Å². The van der Waals surface area contributed by atoms with Crippen LogP contribution >= 0.6 is 0 Å². The average molecular weight is 315 g/mol. The van der Waals surface area contributed by atoms with E-state index in [2.05, 4.69) is 15.4 Å². The van der Waals surface area contributed by atoms with E-state index in [1.807, 2.05) is 12.1 Å². The molecular weight excluding hydrogens is 294 g/mol. The number of hydrogen-bond donors (Lipinski definition) is 1. The highest BCUT2D eigenvalue weighted by Crippen LogP contribution is 2.40. The van der Waals surface area contributed by atoms with Crippen molar-refractivity contribution in [2.45, 2.75) is 37.6 Å². The third-order valence-corrected chi connectivity index (χ3v) is 4.65. The summed E-state index contributed by atoms with van der Waals surface area (Å²) in [7, 11) is 0. The van der Waals surface area contributed by atoms with Gasteiger partial charge in [0, 0.05) is 18.5 Å². The zero-order chi connectivity index (χ0) is 15.6. The lowest BCUT2D eigenvalue weighted by Crippen LogP contribution is -2.36. The predicted molar refractivity (Wildman–Crippen MR) is 83.1 cm³/mol. The molecule has 2 aliphatic rings. The molecule has 23 heavy (non-hydrogen) atoms. The number of amides is 1. The molecule has 4 rings (SSSR count). The number of nitrogens with zero attached hydrogens (tertiary/aromatic N) is 2. The quantitative estimate of drug-likeness (QED) is 0.887. The largest absolute Gasteiger partial charge is 0.468 e. The third-order valence-electron chi connectivity index (χ3n) is 4.65. The first-order chi connectivity index (χ1) is 11.3. The van der Waals surface area contributed by atoms with Gasteiger partial charge in [0.05, 0.1) is 12.3 Å². The van der Waals surface area contributed by atoms with Gasteiger partial charge in [0.25, 0.3) is 5.91 Å². The van der Waals surface area contributed by atoms with Crippen LogP contribution in [0.4, 0.5) is 0 Å². The molecule has 1 atom stereocenters. The molecule has 0 unspecified atom stereocenters. The van der Waals surface area contributed by atoms with Gasteiger partial charge in [0.2, 0.25) is 0 Å². The molecule has 122 valence electrons. The normalized spacial score (nSPS) is 19.8. The van der Waals surface area contributed by atoms with Crippen molar-refractivity contribution in [1.82, 2.24) is 15.4 Å². The lowest BCUT2D eigenvalue weighted by Gasteiger charge is -2.25. The minimum atomic E-state index is -0.184. The molecule has 0 bridgehead atoms. The van der Waals surface area contributed by atoms with Crippen LogP contribution in [0.2, 0.25) is 0 Å². The van der Waals surface area contributed by atoms with E-state index in [9.17, 15) is 4.79 Å². The van der Waals surface area contributed by atoms with Gasteiger partial charge in [-0.2, -0.15) is 0 Å². The van der Waals surface area contributed by atoms with E-state index in [4.69, 9.17) is 8.94 Å². The summed E-state index contributed by atoms with van der Waals surface area (Å²) in [5.41, 5.74) is 0.367. The third kappa shape index (κ3) is 3.17. The van der Waals surface area contributed by atoms with Crippen molar-refractivity contribution in [2.24, 2.45) is 0 Å². The molecule has 1 aliphatic heterocycles. The molecule has 6 nitrogen and oxygen atoms in total. The fraction of sp³-hybridized carbons (Fsp3) is 0.529. The first-order valence-electron chi connectivity index (χ1n) is 8.33. The number of carbonyl (C=O) groups is 1. The molecule has 1 aliphatic carbocycles. The number of furan rings is 1. The summed E-state index contributed by atoms with van der Waals surface area (Å²) in [4.78, 5) is 14.7. The molecule has 6 heteroatoms. The Morgan fingerprint density at radius 2 is 2.22 bits per heavy atom. The summed E-state index contributed by atoms with van der Waals surface area (Å²) >= 11 is 0. The maximum Gasteiger partial charge on any atom is 0.273 e. The molecule has 2 aromatic rings. The first-order valence-corrected chi connectivity index (χ1v) is 8.33. The van der Waals surface area contributed by atoms with Crippen LogP contribution in [0.25, 0.3) is 0 Å². The molecule has 0 aromatic carbocycles. The molecule has 0 spiro atoms. The first kappa shape index (κ1) is 14.5. The van der Waals surface area contributed by atoms with E-state index in [0.717, 1.165) is 37.5 Å². The Morgan fingerprint density at radius 1 is 1.39 bits per heavy atom. The number of nitrogens with one attached hydrogen (secondary N) is 1. The van der Waals surface area contributed by atoms with Gasteiger partial charge < -0.3 is 14.3 Å². The molecule has 2 aromatic heterocycles. The summed E-state index contributed by atoms with van der Waals surface area (Å²) < 4.78 is 10.8. The van der Waals surface area contributed by atoms with Gasteiger partial charge in [-0.15, -0.1) is 0 Å². The Kier molecular flexibility index (Phi) is 3.91. The maximum atomic E-state index is 12.3. The lowest BCUT2D eigenvalue weighted by molar-refractivity contribution is 0.0924. The van der Waals surface area contributed by atoms with E-state index in [-0.39, 0.29) is 11.9 Å². The van der Waals surface area contributed by atoms with Gasteiger partial charge in [-0.25, -0.2) is 0 Å². The van der Waals surface area contributed by atoms with E-state index in [1.165, 1.54) is 12.8 Å². The second-order valence-electron chi connectivity index (χ2n) is 6.37. The van der Waals surface area contributed by atoms with Crippen LogP contribution in [0.15, 0.2) is 33.4 Å². The minimum Gasteiger partial charge on any atom is -0.468 e. The van der Waals surface area contributed by atoms with Gasteiger partial charge in [0.15, 0.2) is 5.69 Å². The summed E-state index contributed by atoms with van der Waals surface area (Å²) in [6.45, 7) is 2.59. The van der Waals surface area contributed by atoms with Crippen molar-refractivity contribution in [3.05, 3.63) is 41.7 Å². The highest BCUT2D eigenvalue weighted by atomic mass is 16.5. The van der Waals surface area contributed by atoms with Crippen molar-refractivity contribution in [1.29, 1.82) is 0 Å². The SMILES string of the molecule is O=C(NC[C@@H](c1ccco1)N1CCCC1)c1cc(C2CC2)on1. The van der Waals surface area contributed by atoms with Gasteiger partial charge >= 0.3 is 0 Å². The Labute approximate surface area is 134 Å². The smallest absolute Gasteiger partial charge is 0.273 e. The van der Waals surface area contributed by atoms with E-state index < -0.39 is 0 Å². The van der Waals surface area contributed by atoms with Gasteiger partial charge in [-0.3, -0.25) is 9.69 Å². The Hall–Kier alpha value is -2.08. The highest BCUT2D eigenvalue weighted by Gasteiger charge is 2.30. The van der Waals surface area contributed by atoms with Gasteiger partial charge in [-0.05, 0) is 50.9 Å². The van der Waals surface area contributed by atoms with Crippen molar-refractivity contribution < 1.29 is 13.7 Å². The summed E-state index contributed by atoms with van der Waals surface area (Å²) in [6, 6.07) is 5.70. The molecule has 1 saturated heterocycles. The van der Waals surface area contributed by atoms with Crippen LogP contribution in [0.3, 0.4) is 0 Å². The number of aromatic nitrogens is 1. The monoisotopic (exact) mass is 315 g/mol. The summed E-state index contributed by atoms with van der Waals surface area (Å²) in [6.07, 6.45) is 6.33. The Bertz CT molecular complexity index is 654. The topological polar surface area (TPSA) is 71.5 Å². The second-order valence-corrected chi connectivity index (χ2v) is 6.37. The van der Waals surface area contributed by atoms with Crippen LogP contribution in [0.5, 0.6) is 0 Å².